The van der Waals surface area contributed by atoms with Crippen LogP contribution in [-0.2, 0) is 0 Å². The largest absolute Gasteiger partial charge is 0.586 e. The Balaban J connectivity index is 1.82. The number of nitrogens with one attached hydrogen (secondary N) is 2. The summed E-state index contributed by atoms with van der Waals surface area (Å²) < 4.78 is 34.5. The zero-order valence-corrected chi connectivity index (χ0v) is 10.1. The van der Waals surface area contributed by atoms with Crippen molar-refractivity contribution in [3.63, 3.8) is 0 Å². The molecule has 0 atom stereocenters. The van der Waals surface area contributed by atoms with Crippen LogP contribution in [0.1, 0.15) is 0 Å². The Labute approximate surface area is 112 Å². The standard InChI is InChI=1S/C12H10F2N4O2/c13-12(14)19-8-5-4-7(6-9(8)20-12)16-10-2-1-3-11(17-10)18-15/h1-6H,15H2,(H2,16,17,18). The van der Waals surface area contributed by atoms with Gasteiger partial charge in [0.25, 0.3) is 0 Å². The number of halogens is 2. The predicted molar refractivity (Wildman–Crippen MR) is 68.0 cm³/mol. The fraction of sp³-hybridized carbons (Fsp3) is 0.0833. The molecule has 0 unspecified atom stereocenters. The maximum atomic E-state index is 12.9. The molecule has 1 aliphatic rings. The third kappa shape index (κ3) is 2.41. The van der Waals surface area contributed by atoms with E-state index in [0.29, 0.717) is 17.3 Å². The fourth-order valence-electron chi connectivity index (χ4n) is 1.76. The predicted octanol–water partition coefficient (Wildman–Crippen LogP) is 2.43. The molecule has 1 aromatic heterocycles. The zero-order valence-electron chi connectivity index (χ0n) is 10.1. The molecule has 2 aromatic rings. The third-order valence-electron chi connectivity index (χ3n) is 2.57. The van der Waals surface area contributed by atoms with Crippen molar-refractivity contribution in [2.45, 2.75) is 6.29 Å². The van der Waals surface area contributed by atoms with Gasteiger partial charge in [-0.2, -0.15) is 0 Å². The van der Waals surface area contributed by atoms with Crippen LogP contribution >= 0.6 is 0 Å². The van der Waals surface area contributed by atoms with E-state index in [1.807, 2.05) is 0 Å². The minimum absolute atomic E-state index is 0.00844. The Bertz CT molecular complexity index is 651. The normalized spacial score (nSPS) is 14.9. The number of nitrogen functional groups attached to an aromatic ring is 1. The summed E-state index contributed by atoms with van der Waals surface area (Å²) >= 11 is 0. The molecule has 6 nitrogen and oxygen atoms in total. The van der Waals surface area contributed by atoms with Crippen molar-refractivity contribution < 1.29 is 18.3 Å². The van der Waals surface area contributed by atoms with Crippen molar-refractivity contribution in [3.8, 4) is 11.5 Å². The van der Waals surface area contributed by atoms with Crippen molar-refractivity contribution in [1.29, 1.82) is 0 Å². The average Bonchev–Trinajstić information content (AvgIpc) is 2.72. The second-order valence-electron chi connectivity index (χ2n) is 4.01. The van der Waals surface area contributed by atoms with Crippen molar-refractivity contribution in [2.75, 3.05) is 10.7 Å². The molecular weight excluding hydrogens is 270 g/mol. The van der Waals surface area contributed by atoms with E-state index in [2.05, 4.69) is 25.2 Å². The van der Waals surface area contributed by atoms with Gasteiger partial charge in [-0.3, -0.25) is 0 Å². The summed E-state index contributed by atoms with van der Waals surface area (Å²) in [6.45, 7) is 0. The second kappa shape index (κ2) is 4.49. The monoisotopic (exact) mass is 280 g/mol. The molecule has 8 heteroatoms. The maximum Gasteiger partial charge on any atom is 0.586 e. The molecular formula is C12H10F2N4O2. The number of hydrazine groups is 1. The van der Waals surface area contributed by atoms with Gasteiger partial charge in [-0.15, -0.1) is 8.78 Å². The van der Waals surface area contributed by atoms with Crippen LogP contribution in [0.2, 0.25) is 0 Å². The van der Waals surface area contributed by atoms with E-state index in [-0.39, 0.29) is 11.5 Å². The number of nitrogens with zero attached hydrogens (tertiary/aromatic N) is 1. The first-order valence-electron chi connectivity index (χ1n) is 5.66. The number of hydrogen-bond acceptors (Lipinski definition) is 6. The molecule has 0 amide bonds. The van der Waals surface area contributed by atoms with E-state index in [9.17, 15) is 8.78 Å². The minimum Gasteiger partial charge on any atom is -0.395 e. The lowest BCUT2D eigenvalue weighted by Gasteiger charge is -2.07. The summed E-state index contributed by atoms with van der Waals surface area (Å²) in [5, 5.41) is 2.95. The highest BCUT2D eigenvalue weighted by Crippen LogP contribution is 2.42. The minimum atomic E-state index is -3.62. The number of ether oxygens (including phenoxy) is 2. The number of fused-ring (bicyclic) bond motifs is 1. The molecule has 1 aliphatic heterocycles. The Morgan fingerprint density at radius 2 is 1.80 bits per heavy atom. The molecule has 3 rings (SSSR count). The summed E-state index contributed by atoms with van der Waals surface area (Å²) in [6, 6.07) is 9.51. The van der Waals surface area contributed by atoms with Crippen LogP contribution in [-0.4, -0.2) is 11.3 Å². The SMILES string of the molecule is NNc1cccc(Nc2ccc3c(c2)OC(F)(F)O3)n1. The highest BCUT2D eigenvalue weighted by Gasteiger charge is 2.43. The van der Waals surface area contributed by atoms with E-state index in [0.717, 1.165) is 0 Å². The molecule has 2 heterocycles. The van der Waals surface area contributed by atoms with Gasteiger partial charge in [0.15, 0.2) is 11.5 Å². The van der Waals surface area contributed by atoms with E-state index in [1.54, 1.807) is 24.3 Å². The van der Waals surface area contributed by atoms with Crippen LogP contribution in [0.25, 0.3) is 0 Å². The Morgan fingerprint density at radius 1 is 1.05 bits per heavy atom. The molecule has 1 aromatic carbocycles. The lowest BCUT2D eigenvalue weighted by atomic mass is 10.2. The number of aromatic nitrogens is 1. The summed E-state index contributed by atoms with van der Waals surface area (Å²) in [7, 11) is 0. The highest BCUT2D eigenvalue weighted by molar-refractivity contribution is 5.62. The molecule has 104 valence electrons. The summed E-state index contributed by atoms with van der Waals surface area (Å²) in [6.07, 6.45) is -3.62. The first kappa shape index (κ1) is 12.4. The Morgan fingerprint density at radius 3 is 2.60 bits per heavy atom. The molecule has 0 bridgehead atoms. The molecule has 0 spiro atoms. The van der Waals surface area contributed by atoms with E-state index in [4.69, 9.17) is 5.84 Å². The van der Waals surface area contributed by atoms with E-state index in [1.165, 1.54) is 12.1 Å². The van der Waals surface area contributed by atoms with E-state index < -0.39 is 6.29 Å². The van der Waals surface area contributed by atoms with Crippen LogP contribution in [0.5, 0.6) is 11.5 Å². The molecule has 0 fully saturated rings. The van der Waals surface area contributed by atoms with Crippen LogP contribution in [0.15, 0.2) is 36.4 Å². The number of pyridine rings is 1. The first-order valence-corrected chi connectivity index (χ1v) is 5.66. The van der Waals surface area contributed by atoms with Gasteiger partial charge in [0, 0.05) is 11.8 Å². The quantitative estimate of drug-likeness (QED) is 0.592. The smallest absolute Gasteiger partial charge is 0.395 e. The molecule has 20 heavy (non-hydrogen) atoms. The van der Waals surface area contributed by atoms with Gasteiger partial charge in [0.2, 0.25) is 0 Å². The summed E-state index contributed by atoms with van der Waals surface area (Å²) in [4.78, 5) is 4.14. The lowest BCUT2D eigenvalue weighted by molar-refractivity contribution is -0.286. The van der Waals surface area contributed by atoms with Gasteiger partial charge >= 0.3 is 6.29 Å². The first-order chi connectivity index (χ1) is 9.55. The number of hydrogen-bond donors (Lipinski definition) is 3. The Kier molecular flexibility index (Phi) is 2.79. The van der Waals surface area contributed by atoms with Crippen LogP contribution in [0.4, 0.5) is 26.1 Å². The maximum absolute atomic E-state index is 12.9. The van der Waals surface area contributed by atoms with Crippen molar-refractivity contribution in [3.05, 3.63) is 36.4 Å². The van der Waals surface area contributed by atoms with Crippen LogP contribution in [0, 0.1) is 0 Å². The zero-order chi connectivity index (χ0) is 14.2. The van der Waals surface area contributed by atoms with Crippen molar-refractivity contribution in [1.82, 2.24) is 4.98 Å². The highest BCUT2D eigenvalue weighted by atomic mass is 19.3. The van der Waals surface area contributed by atoms with Gasteiger partial charge in [-0.25, -0.2) is 10.8 Å². The van der Waals surface area contributed by atoms with Gasteiger partial charge in [-0.1, -0.05) is 6.07 Å². The van der Waals surface area contributed by atoms with E-state index >= 15 is 0 Å². The molecule has 0 saturated carbocycles. The lowest BCUT2D eigenvalue weighted by Crippen LogP contribution is -2.25. The fourth-order valence-corrected chi connectivity index (χ4v) is 1.76. The van der Waals surface area contributed by atoms with Gasteiger partial charge in [0.05, 0.1) is 0 Å². The Hall–Kier alpha value is -2.61. The topological polar surface area (TPSA) is 81.4 Å². The van der Waals surface area contributed by atoms with Gasteiger partial charge < -0.3 is 20.2 Å². The molecule has 0 aliphatic carbocycles. The summed E-state index contributed by atoms with van der Waals surface area (Å²) in [5.74, 6) is 6.19. The van der Waals surface area contributed by atoms with Gasteiger partial charge in [-0.05, 0) is 24.3 Å². The number of benzene rings is 1. The average molecular weight is 280 g/mol. The number of alkyl halides is 2. The van der Waals surface area contributed by atoms with Crippen LogP contribution in [0.3, 0.4) is 0 Å². The molecule has 4 N–H and O–H groups in total. The molecule has 0 radical (unpaired) electrons. The number of rotatable bonds is 3. The second-order valence-corrected chi connectivity index (χ2v) is 4.01. The summed E-state index contributed by atoms with van der Waals surface area (Å²) in [5.41, 5.74) is 2.94. The van der Waals surface area contributed by atoms with Crippen LogP contribution < -0.4 is 26.1 Å². The molecule has 0 saturated heterocycles. The van der Waals surface area contributed by atoms with Crippen molar-refractivity contribution >= 4 is 17.3 Å². The number of nitrogens with two attached hydrogens (primary N) is 1. The van der Waals surface area contributed by atoms with Crippen molar-refractivity contribution in [2.24, 2.45) is 5.84 Å². The van der Waals surface area contributed by atoms with Gasteiger partial charge in [0.1, 0.15) is 11.6 Å². The third-order valence-corrected chi connectivity index (χ3v) is 2.57. The number of anilines is 3.